The minimum Gasteiger partial charge on any atom is -0.384 e. The first kappa shape index (κ1) is 28.3. The average molecular weight is 571 g/mol. The van der Waals surface area contributed by atoms with Crippen molar-refractivity contribution in [1.82, 2.24) is 4.98 Å². The summed E-state index contributed by atoms with van der Waals surface area (Å²) in [6.45, 7) is 1.62. The van der Waals surface area contributed by atoms with Gasteiger partial charge in [-0.05, 0) is 47.5 Å². The number of sulfone groups is 2. The molecule has 0 amide bonds. The highest BCUT2D eigenvalue weighted by Gasteiger charge is 2.24. The molecule has 1 unspecified atom stereocenters. The number of ether oxygens (including phenoxy) is 1. The van der Waals surface area contributed by atoms with Gasteiger partial charge in [0, 0.05) is 31.5 Å². The van der Waals surface area contributed by atoms with Gasteiger partial charge in [0.15, 0.2) is 19.7 Å². The Labute approximate surface area is 221 Å². The molecule has 0 saturated carbocycles. The molecule has 1 aromatic heterocycles. The van der Waals surface area contributed by atoms with Crippen molar-refractivity contribution >= 4 is 48.7 Å². The third-order valence-electron chi connectivity index (χ3n) is 5.63. The number of nitrogens with zero attached hydrogens (tertiary/aromatic N) is 1. The van der Waals surface area contributed by atoms with Crippen LogP contribution in [0.15, 0.2) is 64.5 Å². The van der Waals surface area contributed by atoms with Crippen LogP contribution in [0.5, 0.6) is 0 Å². The molecule has 0 bridgehead atoms. The molecule has 1 heterocycles. The zero-order valence-corrected chi connectivity index (χ0v) is 23.0. The molecule has 3 rings (SSSR count). The Hall–Kier alpha value is -2.30. The van der Waals surface area contributed by atoms with Crippen molar-refractivity contribution in [3.8, 4) is 11.1 Å². The summed E-state index contributed by atoms with van der Waals surface area (Å²) in [5, 5.41) is 0.626. The van der Waals surface area contributed by atoms with E-state index in [-0.39, 0.29) is 34.4 Å². The summed E-state index contributed by atoms with van der Waals surface area (Å²) in [6, 6.07) is 12.4. The quantitative estimate of drug-likeness (QED) is 0.345. The molecular formula is C25H25Cl2NO6S2. The SMILES string of the molecule is CCS(=O)(=O)c1ccc(C(COC)C(=O)Cc2cc(Cl)c(-c3ccc(S(C)(=O)=O)cc3)c(Cl)c2)nc1. The Kier molecular flexibility index (Phi) is 8.95. The monoisotopic (exact) mass is 569 g/mol. The fraction of sp³-hybridized carbons (Fsp3) is 0.280. The number of hydrogen-bond acceptors (Lipinski definition) is 7. The Bertz CT molecular complexity index is 1450. The average Bonchev–Trinajstić information content (AvgIpc) is 2.82. The van der Waals surface area contributed by atoms with Crippen LogP contribution in [0.1, 0.15) is 24.1 Å². The van der Waals surface area contributed by atoms with Crippen molar-refractivity contribution in [2.24, 2.45) is 0 Å². The first-order valence-electron chi connectivity index (χ1n) is 10.9. The van der Waals surface area contributed by atoms with Crippen molar-refractivity contribution in [3.05, 3.63) is 76.0 Å². The molecule has 0 radical (unpaired) electrons. The topological polar surface area (TPSA) is 107 Å². The number of pyridine rings is 1. The first-order valence-corrected chi connectivity index (χ1v) is 15.2. The minimum atomic E-state index is -3.41. The number of benzene rings is 2. The molecule has 2 aromatic carbocycles. The van der Waals surface area contributed by atoms with Crippen LogP contribution in [0, 0.1) is 0 Å². The molecule has 0 aliphatic heterocycles. The maximum absolute atomic E-state index is 13.2. The number of Topliss-reactive ketones (excluding diaryl/α,β-unsaturated/α-hetero) is 1. The largest absolute Gasteiger partial charge is 0.384 e. The number of aromatic nitrogens is 1. The van der Waals surface area contributed by atoms with E-state index in [0.29, 0.717) is 32.4 Å². The van der Waals surface area contributed by atoms with Crippen molar-refractivity contribution in [2.75, 3.05) is 25.7 Å². The summed E-state index contributed by atoms with van der Waals surface area (Å²) in [7, 11) is -5.28. The van der Waals surface area contributed by atoms with Crippen LogP contribution in [0.3, 0.4) is 0 Å². The zero-order chi connectivity index (χ0) is 26.7. The second-order valence-corrected chi connectivity index (χ2v) is 13.3. The van der Waals surface area contributed by atoms with Gasteiger partial charge in [-0.1, -0.05) is 42.3 Å². The fourth-order valence-corrected chi connectivity index (χ4v) is 5.86. The fourth-order valence-electron chi connectivity index (χ4n) is 3.66. The second kappa shape index (κ2) is 11.4. The number of rotatable bonds is 10. The standard InChI is InChI=1S/C25H25Cl2NO6S2/c1-4-36(32,33)19-9-10-23(28-14-19)20(15-34-2)24(29)13-16-11-21(26)25(22(27)12-16)17-5-7-18(8-6-17)35(3,30)31/h5-12,14,20H,4,13,15H2,1-3H3. The third kappa shape index (κ3) is 6.52. The van der Waals surface area contributed by atoms with Crippen molar-refractivity contribution in [1.29, 1.82) is 0 Å². The molecule has 0 aliphatic rings. The highest BCUT2D eigenvalue weighted by atomic mass is 35.5. The van der Waals surface area contributed by atoms with Gasteiger partial charge in [0.2, 0.25) is 0 Å². The maximum atomic E-state index is 13.2. The van der Waals surface area contributed by atoms with Crippen molar-refractivity contribution in [3.63, 3.8) is 0 Å². The summed E-state index contributed by atoms with van der Waals surface area (Å²) < 4.78 is 52.8. The highest BCUT2D eigenvalue weighted by Crippen LogP contribution is 2.37. The van der Waals surface area contributed by atoms with Crippen LogP contribution in [0.25, 0.3) is 11.1 Å². The summed E-state index contributed by atoms with van der Waals surface area (Å²) in [6.07, 6.45) is 2.38. The zero-order valence-electron chi connectivity index (χ0n) is 19.9. The second-order valence-electron chi connectivity index (χ2n) is 8.20. The third-order valence-corrected chi connectivity index (χ3v) is 9.07. The van der Waals surface area contributed by atoms with E-state index in [2.05, 4.69) is 4.98 Å². The maximum Gasteiger partial charge on any atom is 0.179 e. The molecular weight excluding hydrogens is 545 g/mol. The smallest absolute Gasteiger partial charge is 0.179 e. The van der Waals surface area contributed by atoms with Crippen LogP contribution < -0.4 is 0 Å². The van der Waals surface area contributed by atoms with Gasteiger partial charge >= 0.3 is 0 Å². The van der Waals surface area contributed by atoms with Gasteiger partial charge in [-0.25, -0.2) is 16.8 Å². The van der Waals surface area contributed by atoms with E-state index >= 15 is 0 Å². The van der Waals surface area contributed by atoms with Crippen molar-refractivity contribution < 1.29 is 26.4 Å². The molecule has 0 fully saturated rings. The van der Waals surface area contributed by atoms with Gasteiger partial charge in [-0.3, -0.25) is 9.78 Å². The predicted octanol–water partition coefficient (Wildman–Crippen LogP) is 4.79. The van der Waals surface area contributed by atoms with E-state index in [9.17, 15) is 21.6 Å². The number of ketones is 1. The molecule has 0 aliphatic carbocycles. The number of halogens is 2. The van der Waals surface area contributed by atoms with E-state index in [0.717, 1.165) is 6.26 Å². The summed E-state index contributed by atoms with van der Waals surface area (Å²) in [5.74, 6) is -0.963. The van der Waals surface area contributed by atoms with E-state index in [4.69, 9.17) is 27.9 Å². The Morgan fingerprint density at radius 1 is 0.972 bits per heavy atom. The first-order chi connectivity index (χ1) is 16.9. The molecule has 36 heavy (non-hydrogen) atoms. The van der Waals surface area contributed by atoms with Crippen molar-refractivity contribution in [2.45, 2.75) is 29.1 Å². The lowest BCUT2D eigenvalue weighted by atomic mass is 9.94. The van der Waals surface area contributed by atoms with E-state index in [1.807, 2.05) is 0 Å². The van der Waals surface area contributed by atoms with Gasteiger partial charge in [0.05, 0.1) is 43.8 Å². The van der Waals surface area contributed by atoms with Gasteiger partial charge < -0.3 is 4.74 Å². The molecule has 0 N–H and O–H groups in total. The lowest BCUT2D eigenvalue weighted by Crippen LogP contribution is -2.21. The normalized spacial score (nSPS) is 12.9. The predicted molar refractivity (Wildman–Crippen MR) is 140 cm³/mol. The van der Waals surface area contributed by atoms with E-state index in [1.54, 1.807) is 31.2 Å². The van der Waals surface area contributed by atoms with Gasteiger partial charge in [0.25, 0.3) is 0 Å². The molecule has 0 saturated heterocycles. The molecule has 0 spiro atoms. The highest BCUT2D eigenvalue weighted by molar-refractivity contribution is 7.91. The van der Waals surface area contributed by atoms with Gasteiger partial charge in [-0.15, -0.1) is 0 Å². The number of methoxy groups -OCH3 is 1. The van der Waals surface area contributed by atoms with Crippen LogP contribution >= 0.6 is 23.2 Å². The molecule has 192 valence electrons. The van der Waals surface area contributed by atoms with E-state index in [1.165, 1.54) is 37.6 Å². The lowest BCUT2D eigenvalue weighted by Gasteiger charge is -2.16. The Morgan fingerprint density at radius 3 is 2.03 bits per heavy atom. The molecule has 11 heteroatoms. The summed E-state index contributed by atoms with van der Waals surface area (Å²) in [4.78, 5) is 17.7. The molecule has 1 atom stereocenters. The molecule has 3 aromatic rings. The number of carbonyl (C=O) groups excluding carboxylic acids is 1. The van der Waals surface area contributed by atoms with Crippen LogP contribution in [-0.4, -0.2) is 53.3 Å². The summed E-state index contributed by atoms with van der Waals surface area (Å²) >= 11 is 13.0. The Morgan fingerprint density at radius 2 is 1.56 bits per heavy atom. The van der Waals surface area contributed by atoms with Gasteiger partial charge in [-0.2, -0.15) is 0 Å². The minimum absolute atomic E-state index is 0.00253. The van der Waals surface area contributed by atoms with Crippen LogP contribution in [-0.2, 0) is 35.6 Å². The number of hydrogen-bond donors (Lipinski definition) is 0. The Balaban J connectivity index is 1.86. The lowest BCUT2D eigenvalue weighted by molar-refractivity contribution is -0.121. The van der Waals surface area contributed by atoms with E-state index < -0.39 is 25.6 Å². The van der Waals surface area contributed by atoms with Crippen LogP contribution in [0.4, 0.5) is 0 Å². The molecule has 7 nitrogen and oxygen atoms in total. The van der Waals surface area contributed by atoms with Crippen LogP contribution in [0.2, 0.25) is 10.0 Å². The summed E-state index contributed by atoms with van der Waals surface area (Å²) in [5.41, 5.74) is 2.14. The van der Waals surface area contributed by atoms with Gasteiger partial charge in [0.1, 0.15) is 5.78 Å². The number of carbonyl (C=O) groups is 1.